The molecule has 0 spiro atoms. The molecule has 0 unspecified atom stereocenters. The average Bonchev–Trinajstić information content (AvgIpc) is 2.53. The van der Waals surface area contributed by atoms with Gasteiger partial charge in [0.25, 0.3) is 0 Å². The fraction of sp³-hybridized carbons (Fsp3) is 0.0526. The van der Waals surface area contributed by atoms with Gasteiger partial charge in [0.2, 0.25) is 0 Å². The molecule has 0 aliphatic rings. The quantitative estimate of drug-likeness (QED) is 0.647. The van der Waals surface area contributed by atoms with Crippen molar-refractivity contribution >= 4 is 5.69 Å². The lowest BCUT2D eigenvalue weighted by Crippen LogP contribution is -1.96. The van der Waals surface area contributed by atoms with Gasteiger partial charge in [-0.15, -0.1) is 0 Å². The van der Waals surface area contributed by atoms with E-state index in [1.165, 1.54) is 17.7 Å². The first-order valence-electron chi connectivity index (χ1n) is 6.96. The number of halogens is 2. The first-order chi connectivity index (χ1) is 10.5. The van der Waals surface area contributed by atoms with Crippen molar-refractivity contribution in [1.29, 1.82) is 0 Å². The van der Waals surface area contributed by atoms with Gasteiger partial charge in [0.15, 0.2) is 0 Å². The lowest BCUT2D eigenvalue weighted by atomic mass is 9.99. The second kappa shape index (κ2) is 5.60. The van der Waals surface area contributed by atoms with Crippen LogP contribution in [-0.2, 0) is 0 Å². The molecule has 0 amide bonds. The van der Waals surface area contributed by atoms with Crippen molar-refractivity contribution in [3.8, 4) is 22.3 Å². The predicted octanol–water partition coefficient (Wildman–Crippen LogP) is 5.19. The molecule has 22 heavy (non-hydrogen) atoms. The van der Waals surface area contributed by atoms with Gasteiger partial charge >= 0.3 is 0 Å². The van der Waals surface area contributed by atoms with Gasteiger partial charge in [0.1, 0.15) is 17.3 Å². The van der Waals surface area contributed by atoms with E-state index in [4.69, 9.17) is 5.73 Å². The summed E-state index contributed by atoms with van der Waals surface area (Å²) in [5, 5.41) is 0. The Kier molecular flexibility index (Phi) is 3.63. The SMILES string of the molecule is Cc1ccc(-c2ccc(-c3cc(F)c(N)c(F)c3)cc2)cc1. The lowest BCUT2D eigenvalue weighted by Gasteiger charge is -2.07. The van der Waals surface area contributed by atoms with Gasteiger partial charge < -0.3 is 5.73 Å². The maximum absolute atomic E-state index is 13.5. The summed E-state index contributed by atoms with van der Waals surface area (Å²) in [5.41, 5.74) is 9.42. The molecule has 3 rings (SSSR count). The number of rotatable bonds is 2. The highest BCUT2D eigenvalue weighted by Gasteiger charge is 2.09. The number of anilines is 1. The minimum Gasteiger partial charge on any atom is -0.394 e. The summed E-state index contributed by atoms with van der Waals surface area (Å²) < 4.78 is 27.1. The van der Waals surface area contributed by atoms with E-state index in [0.29, 0.717) is 5.56 Å². The van der Waals surface area contributed by atoms with Crippen LogP contribution in [0.4, 0.5) is 14.5 Å². The second-order valence-corrected chi connectivity index (χ2v) is 5.30. The molecule has 0 aliphatic heterocycles. The van der Waals surface area contributed by atoms with Crippen molar-refractivity contribution in [3.05, 3.63) is 77.9 Å². The molecule has 0 heterocycles. The number of nitrogen functional groups attached to an aromatic ring is 1. The van der Waals surface area contributed by atoms with Crippen LogP contribution < -0.4 is 5.73 Å². The van der Waals surface area contributed by atoms with Gasteiger partial charge in [-0.1, -0.05) is 54.1 Å². The monoisotopic (exact) mass is 295 g/mol. The number of benzene rings is 3. The summed E-state index contributed by atoms with van der Waals surface area (Å²) in [6, 6.07) is 18.3. The van der Waals surface area contributed by atoms with Gasteiger partial charge in [-0.3, -0.25) is 0 Å². The Morgan fingerprint density at radius 1 is 0.636 bits per heavy atom. The van der Waals surface area contributed by atoms with E-state index in [9.17, 15) is 8.78 Å². The molecule has 3 aromatic rings. The topological polar surface area (TPSA) is 26.0 Å². The first-order valence-corrected chi connectivity index (χ1v) is 6.96. The minimum atomic E-state index is -0.738. The molecule has 0 aliphatic carbocycles. The Labute approximate surface area is 128 Å². The number of nitrogens with two attached hydrogens (primary N) is 1. The lowest BCUT2D eigenvalue weighted by molar-refractivity contribution is 0.592. The standard InChI is InChI=1S/C19H15F2N/c1-12-2-4-13(5-3-12)14-6-8-15(9-7-14)16-10-17(20)19(22)18(21)11-16/h2-11H,22H2,1H3. The van der Waals surface area contributed by atoms with E-state index in [0.717, 1.165) is 16.7 Å². The first kappa shape index (κ1) is 14.3. The molecule has 0 saturated heterocycles. The molecule has 0 aromatic heterocycles. The third-order valence-corrected chi connectivity index (χ3v) is 3.68. The summed E-state index contributed by atoms with van der Waals surface area (Å²) in [7, 11) is 0. The van der Waals surface area contributed by atoms with Gasteiger partial charge in [-0.2, -0.15) is 0 Å². The normalized spacial score (nSPS) is 10.7. The van der Waals surface area contributed by atoms with Crippen molar-refractivity contribution in [2.24, 2.45) is 0 Å². The van der Waals surface area contributed by atoms with Gasteiger partial charge in [0.05, 0.1) is 0 Å². The summed E-state index contributed by atoms with van der Waals surface area (Å²) >= 11 is 0. The zero-order valence-corrected chi connectivity index (χ0v) is 12.1. The molecule has 0 bridgehead atoms. The van der Waals surface area contributed by atoms with E-state index in [1.807, 2.05) is 55.5 Å². The summed E-state index contributed by atoms with van der Waals surface area (Å²) in [6.07, 6.45) is 0. The summed E-state index contributed by atoms with van der Waals surface area (Å²) in [5.74, 6) is -1.48. The molecule has 3 heteroatoms. The van der Waals surface area contributed by atoms with Crippen LogP contribution in [-0.4, -0.2) is 0 Å². The van der Waals surface area contributed by atoms with Crippen molar-refractivity contribution in [1.82, 2.24) is 0 Å². The zero-order chi connectivity index (χ0) is 15.7. The van der Waals surface area contributed by atoms with Crippen molar-refractivity contribution < 1.29 is 8.78 Å². The number of aryl methyl sites for hydroxylation is 1. The molecule has 1 nitrogen and oxygen atoms in total. The van der Waals surface area contributed by atoms with Crippen LogP contribution in [0.1, 0.15) is 5.56 Å². The molecule has 0 radical (unpaired) electrons. The maximum atomic E-state index is 13.5. The van der Waals surface area contributed by atoms with E-state index >= 15 is 0 Å². The summed E-state index contributed by atoms with van der Waals surface area (Å²) in [6.45, 7) is 2.04. The van der Waals surface area contributed by atoms with E-state index in [2.05, 4.69) is 0 Å². The minimum absolute atomic E-state index is 0.444. The van der Waals surface area contributed by atoms with E-state index in [-0.39, 0.29) is 0 Å². The van der Waals surface area contributed by atoms with Crippen molar-refractivity contribution in [3.63, 3.8) is 0 Å². The van der Waals surface area contributed by atoms with Gasteiger partial charge in [-0.25, -0.2) is 8.78 Å². The molecule has 2 N–H and O–H groups in total. The van der Waals surface area contributed by atoms with Crippen LogP contribution in [0.5, 0.6) is 0 Å². The Balaban J connectivity index is 1.96. The van der Waals surface area contributed by atoms with Crippen molar-refractivity contribution in [2.75, 3.05) is 5.73 Å². The maximum Gasteiger partial charge on any atom is 0.149 e. The smallest absolute Gasteiger partial charge is 0.149 e. The van der Waals surface area contributed by atoms with Crippen LogP contribution in [0.15, 0.2) is 60.7 Å². The third kappa shape index (κ3) is 2.70. The zero-order valence-electron chi connectivity index (χ0n) is 12.1. The molecule has 0 saturated carbocycles. The Morgan fingerprint density at radius 2 is 1.00 bits per heavy atom. The largest absolute Gasteiger partial charge is 0.394 e. The Hall–Kier alpha value is -2.68. The number of hydrogen-bond donors (Lipinski definition) is 1. The van der Waals surface area contributed by atoms with Crippen LogP contribution in [0.3, 0.4) is 0 Å². The highest BCUT2D eigenvalue weighted by Crippen LogP contribution is 2.28. The van der Waals surface area contributed by atoms with Gasteiger partial charge in [0, 0.05) is 0 Å². The second-order valence-electron chi connectivity index (χ2n) is 5.30. The van der Waals surface area contributed by atoms with E-state index in [1.54, 1.807) is 0 Å². The fourth-order valence-corrected chi connectivity index (χ4v) is 2.35. The Bertz CT molecular complexity index is 783. The van der Waals surface area contributed by atoms with Crippen LogP contribution in [0.25, 0.3) is 22.3 Å². The van der Waals surface area contributed by atoms with Crippen LogP contribution >= 0.6 is 0 Å². The van der Waals surface area contributed by atoms with Crippen LogP contribution in [0, 0.1) is 18.6 Å². The highest BCUT2D eigenvalue weighted by atomic mass is 19.1. The van der Waals surface area contributed by atoms with E-state index < -0.39 is 17.3 Å². The molecule has 0 fully saturated rings. The highest BCUT2D eigenvalue weighted by molar-refractivity contribution is 5.71. The van der Waals surface area contributed by atoms with Crippen molar-refractivity contribution in [2.45, 2.75) is 6.92 Å². The molecular formula is C19H15F2N. The molecule has 3 aromatic carbocycles. The predicted molar refractivity (Wildman–Crippen MR) is 86.4 cm³/mol. The van der Waals surface area contributed by atoms with Crippen LogP contribution in [0.2, 0.25) is 0 Å². The number of hydrogen-bond acceptors (Lipinski definition) is 1. The third-order valence-electron chi connectivity index (χ3n) is 3.68. The summed E-state index contributed by atoms with van der Waals surface area (Å²) in [4.78, 5) is 0. The molecular weight excluding hydrogens is 280 g/mol. The van der Waals surface area contributed by atoms with Gasteiger partial charge in [-0.05, 0) is 41.3 Å². The fourth-order valence-electron chi connectivity index (χ4n) is 2.35. The molecule has 0 atom stereocenters. The Morgan fingerprint density at radius 3 is 1.45 bits per heavy atom. The average molecular weight is 295 g/mol. The molecule has 110 valence electrons.